The van der Waals surface area contributed by atoms with E-state index in [-0.39, 0.29) is 25.0 Å². The average molecular weight is 524 g/mol. The van der Waals surface area contributed by atoms with Crippen molar-refractivity contribution in [1.82, 2.24) is 35.9 Å². The van der Waals surface area contributed by atoms with Crippen molar-refractivity contribution in [2.75, 3.05) is 12.3 Å². The quantitative estimate of drug-likeness (QED) is 0.0859. The van der Waals surface area contributed by atoms with Gasteiger partial charge in [0.2, 0.25) is 17.7 Å². The molecule has 0 fully saturated rings. The van der Waals surface area contributed by atoms with Gasteiger partial charge in [-0.3, -0.25) is 14.4 Å². The number of hydrogen-bond acceptors (Lipinski definition) is 9. The number of carboxylic acids is 1. The van der Waals surface area contributed by atoms with Crippen molar-refractivity contribution in [1.29, 1.82) is 0 Å². The minimum atomic E-state index is -1.25. The van der Waals surface area contributed by atoms with Crippen LogP contribution in [0.2, 0.25) is 0 Å². The number of aromatic amines is 2. The van der Waals surface area contributed by atoms with Gasteiger partial charge in [0.25, 0.3) is 0 Å². The van der Waals surface area contributed by atoms with Crippen LogP contribution in [-0.4, -0.2) is 85.2 Å². The Labute approximate surface area is 213 Å². The fourth-order valence-corrected chi connectivity index (χ4v) is 3.48. The molecule has 15 heteroatoms. The summed E-state index contributed by atoms with van der Waals surface area (Å²) >= 11 is 4.01. The van der Waals surface area contributed by atoms with Crippen molar-refractivity contribution in [3.63, 3.8) is 0 Å². The Morgan fingerprint density at radius 2 is 1.42 bits per heavy atom. The number of aromatic nitrogens is 4. The lowest BCUT2D eigenvalue weighted by molar-refractivity contribution is -0.142. The Balaban J connectivity index is 2.16. The van der Waals surface area contributed by atoms with Crippen LogP contribution in [0.1, 0.15) is 30.7 Å². The Kier molecular flexibility index (Phi) is 11.9. The van der Waals surface area contributed by atoms with E-state index in [1.165, 1.54) is 25.0 Å². The number of carbonyl (C=O) groups is 4. The fourth-order valence-electron chi connectivity index (χ4n) is 3.31. The predicted octanol–water partition coefficient (Wildman–Crippen LogP) is -2.16. The number of H-pyrrole nitrogens is 2. The zero-order valence-electron chi connectivity index (χ0n) is 19.6. The van der Waals surface area contributed by atoms with Crippen molar-refractivity contribution >= 4 is 36.3 Å². The van der Waals surface area contributed by atoms with E-state index in [9.17, 15) is 24.3 Å². The maximum Gasteiger partial charge on any atom is 0.326 e. The highest BCUT2D eigenvalue weighted by atomic mass is 32.1. The van der Waals surface area contributed by atoms with Gasteiger partial charge in [-0.05, 0) is 25.8 Å². The molecular formula is C21H33N9O5S. The zero-order valence-corrected chi connectivity index (χ0v) is 20.5. The number of nitrogens with two attached hydrogens (primary N) is 2. The minimum absolute atomic E-state index is 0.0232. The SMILES string of the molecule is NCCCCC(NC(=O)C(Cc1cnc[nH]1)NC(=O)C(N)CS)C(=O)NC(Cc1cnc[nH]1)C(=O)O. The first kappa shape index (κ1) is 28.8. The number of imidazole rings is 2. The Hall–Kier alpha value is -3.43. The third-order valence-corrected chi connectivity index (χ3v) is 5.71. The van der Waals surface area contributed by atoms with Crippen LogP contribution in [0.4, 0.5) is 0 Å². The summed E-state index contributed by atoms with van der Waals surface area (Å²) < 4.78 is 0. The third-order valence-electron chi connectivity index (χ3n) is 5.32. The van der Waals surface area contributed by atoms with Crippen LogP contribution >= 0.6 is 12.6 Å². The first-order valence-corrected chi connectivity index (χ1v) is 12.0. The lowest BCUT2D eigenvalue weighted by atomic mass is 10.0. The van der Waals surface area contributed by atoms with Crippen LogP contribution in [0.15, 0.2) is 25.0 Å². The van der Waals surface area contributed by atoms with Gasteiger partial charge >= 0.3 is 5.97 Å². The number of carboxylic acid groups (broad SMARTS) is 1. The molecule has 0 aliphatic heterocycles. The topological polar surface area (TPSA) is 234 Å². The summed E-state index contributed by atoms with van der Waals surface area (Å²) in [5, 5.41) is 17.3. The highest BCUT2D eigenvalue weighted by Gasteiger charge is 2.30. The van der Waals surface area contributed by atoms with Crippen LogP contribution in [0, 0.1) is 0 Å². The molecule has 0 aliphatic rings. The van der Waals surface area contributed by atoms with Gasteiger partial charge in [-0.25, -0.2) is 14.8 Å². The van der Waals surface area contributed by atoms with Crippen molar-refractivity contribution in [3.8, 4) is 0 Å². The Morgan fingerprint density at radius 1 is 0.889 bits per heavy atom. The van der Waals surface area contributed by atoms with Crippen molar-refractivity contribution in [2.45, 2.75) is 56.3 Å². The van der Waals surface area contributed by atoms with Crippen LogP contribution in [-0.2, 0) is 32.0 Å². The number of thiol groups is 1. The minimum Gasteiger partial charge on any atom is -0.480 e. The summed E-state index contributed by atoms with van der Waals surface area (Å²) in [6.07, 6.45) is 7.16. The normalized spacial score (nSPS) is 14.3. The van der Waals surface area contributed by atoms with Crippen LogP contribution in [0.5, 0.6) is 0 Å². The molecule has 2 heterocycles. The van der Waals surface area contributed by atoms with Crippen molar-refractivity contribution in [3.05, 3.63) is 36.4 Å². The van der Waals surface area contributed by atoms with Crippen LogP contribution < -0.4 is 27.4 Å². The molecule has 0 saturated carbocycles. The molecule has 0 spiro atoms. The first-order valence-electron chi connectivity index (χ1n) is 11.4. The van der Waals surface area contributed by atoms with Gasteiger partial charge in [-0.15, -0.1) is 0 Å². The Bertz CT molecular complexity index is 971. The molecule has 0 radical (unpaired) electrons. The number of nitrogens with one attached hydrogen (secondary N) is 5. The summed E-state index contributed by atoms with van der Waals surface area (Å²) in [6.45, 7) is 0.389. The second-order valence-electron chi connectivity index (χ2n) is 8.16. The number of carbonyl (C=O) groups excluding carboxylic acids is 3. The number of aliphatic carboxylic acids is 1. The third kappa shape index (κ3) is 9.31. The molecule has 0 aliphatic carbocycles. The maximum absolute atomic E-state index is 13.2. The van der Waals surface area contributed by atoms with Gasteiger partial charge in [0.1, 0.15) is 18.1 Å². The maximum atomic E-state index is 13.2. The summed E-state index contributed by atoms with van der Waals surface area (Å²) in [5.41, 5.74) is 12.4. The van der Waals surface area contributed by atoms with Gasteiger partial charge in [0, 0.05) is 42.4 Å². The number of nitrogens with zero attached hydrogens (tertiary/aromatic N) is 2. The van der Waals surface area contributed by atoms with Gasteiger partial charge in [-0.1, -0.05) is 0 Å². The summed E-state index contributed by atoms with van der Waals surface area (Å²) in [7, 11) is 0. The van der Waals surface area contributed by atoms with Gasteiger partial charge in [0.15, 0.2) is 0 Å². The van der Waals surface area contributed by atoms with Crippen LogP contribution in [0.25, 0.3) is 0 Å². The summed E-state index contributed by atoms with van der Waals surface area (Å²) in [6, 6.07) is -4.32. The smallest absolute Gasteiger partial charge is 0.326 e. The summed E-state index contributed by atoms with van der Waals surface area (Å²) in [5.74, 6) is -3.07. The lowest BCUT2D eigenvalue weighted by Crippen LogP contribution is -2.58. The van der Waals surface area contributed by atoms with Gasteiger partial charge in [-0.2, -0.15) is 12.6 Å². The molecule has 10 N–H and O–H groups in total. The molecule has 2 aromatic rings. The molecule has 0 aromatic carbocycles. The van der Waals surface area contributed by atoms with E-state index in [2.05, 4.69) is 48.5 Å². The molecule has 0 saturated heterocycles. The molecule has 4 atom stereocenters. The molecule has 2 rings (SSSR count). The second kappa shape index (κ2) is 14.9. The summed E-state index contributed by atoms with van der Waals surface area (Å²) in [4.78, 5) is 63.7. The second-order valence-corrected chi connectivity index (χ2v) is 8.52. The monoisotopic (exact) mass is 523 g/mol. The highest BCUT2D eigenvalue weighted by molar-refractivity contribution is 7.80. The van der Waals surface area contributed by atoms with E-state index in [1.54, 1.807) is 0 Å². The van der Waals surface area contributed by atoms with Crippen molar-refractivity contribution < 1.29 is 24.3 Å². The number of amides is 3. The molecule has 14 nitrogen and oxygen atoms in total. The molecule has 3 amide bonds. The molecule has 36 heavy (non-hydrogen) atoms. The van der Waals surface area contributed by atoms with E-state index in [1.807, 2.05) is 0 Å². The predicted molar refractivity (Wildman–Crippen MR) is 133 cm³/mol. The number of rotatable bonds is 16. The fraction of sp³-hybridized carbons (Fsp3) is 0.524. The van der Waals surface area contributed by atoms with E-state index in [0.717, 1.165) is 0 Å². The van der Waals surface area contributed by atoms with Gasteiger partial charge in [0.05, 0.1) is 18.7 Å². The van der Waals surface area contributed by atoms with E-state index in [4.69, 9.17) is 11.5 Å². The van der Waals surface area contributed by atoms with Crippen molar-refractivity contribution in [2.24, 2.45) is 11.5 Å². The Morgan fingerprint density at radius 3 is 1.92 bits per heavy atom. The molecule has 0 bridgehead atoms. The van der Waals surface area contributed by atoms with E-state index >= 15 is 0 Å². The first-order chi connectivity index (χ1) is 17.2. The number of unbranched alkanes of at least 4 members (excludes halogenated alkanes) is 1. The lowest BCUT2D eigenvalue weighted by Gasteiger charge is -2.25. The molecular weight excluding hydrogens is 490 g/mol. The average Bonchev–Trinajstić information content (AvgIpc) is 3.56. The molecule has 4 unspecified atom stereocenters. The van der Waals surface area contributed by atoms with Gasteiger partial charge < -0.3 is 42.5 Å². The zero-order chi connectivity index (χ0) is 26.5. The number of hydrogen-bond donors (Lipinski definition) is 9. The van der Waals surface area contributed by atoms with E-state index < -0.39 is 47.9 Å². The van der Waals surface area contributed by atoms with E-state index in [0.29, 0.717) is 30.8 Å². The standard InChI is InChI=1S/C21H33N9O5S/c22-4-2-1-3-15(19(32)30-17(21(34)35)6-13-8-25-11-27-13)28-20(33)16(5-12-7-24-10-26-12)29-18(31)14(23)9-36/h7-8,10-11,14-17,36H,1-6,9,22-23H2,(H,24,26)(H,25,27)(H,28,33)(H,29,31)(H,30,32)(H,34,35). The van der Waals surface area contributed by atoms with Crippen LogP contribution in [0.3, 0.4) is 0 Å². The molecule has 2 aromatic heterocycles. The molecule has 198 valence electrons. The largest absolute Gasteiger partial charge is 0.480 e. The highest BCUT2D eigenvalue weighted by Crippen LogP contribution is 2.07.